The van der Waals surface area contributed by atoms with Crippen LogP contribution in [0.15, 0.2) is 48.5 Å². The lowest BCUT2D eigenvalue weighted by Gasteiger charge is -2.21. The van der Waals surface area contributed by atoms with Crippen molar-refractivity contribution in [1.82, 2.24) is 10.2 Å². The van der Waals surface area contributed by atoms with Crippen molar-refractivity contribution in [1.29, 1.82) is 0 Å². The van der Waals surface area contributed by atoms with Gasteiger partial charge < -0.3 is 24.4 Å². The first kappa shape index (κ1) is 19.2. The number of hydrogen-bond acceptors (Lipinski definition) is 6. The first-order chi connectivity index (χ1) is 13.5. The normalized spacial score (nSPS) is 12.8. The molecule has 0 aromatic heterocycles. The largest absolute Gasteiger partial charge is 0.454 e. The Labute approximate surface area is 162 Å². The molecule has 1 aliphatic heterocycles. The number of carbonyl (C=O) groups excluding carboxylic acids is 3. The summed E-state index contributed by atoms with van der Waals surface area (Å²) in [6.45, 7) is -0.273. The van der Waals surface area contributed by atoms with Crippen LogP contribution in [0.1, 0.15) is 22.0 Å². The quantitative estimate of drug-likeness (QED) is 0.759. The molecule has 28 heavy (non-hydrogen) atoms. The van der Waals surface area contributed by atoms with Crippen molar-refractivity contribution < 1.29 is 28.6 Å². The molecule has 2 aromatic carbocycles. The predicted molar refractivity (Wildman–Crippen MR) is 98.9 cm³/mol. The lowest BCUT2D eigenvalue weighted by atomic mass is 10.1. The molecule has 1 aliphatic rings. The standard InChI is InChI=1S/C20H20N2O6/c1-22(2)20(25)18(13-6-4-3-5-7-13)28-17(23)11-21-19(24)14-8-9-15-16(10-14)27-12-26-15/h3-10,18H,11-12H2,1-2H3,(H,21,24)/t18-/m1/s1. The monoisotopic (exact) mass is 384 g/mol. The number of benzene rings is 2. The first-order valence-electron chi connectivity index (χ1n) is 8.59. The lowest BCUT2D eigenvalue weighted by Crippen LogP contribution is -2.35. The molecule has 0 bridgehead atoms. The molecule has 0 saturated carbocycles. The number of amides is 2. The van der Waals surface area contributed by atoms with E-state index in [1.807, 2.05) is 0 Å². The third-order valence-corrected chi connectivity index (χ3v) is 4.04. The minimum Gasteiger partial charge on any atom is -0.454 e. The maximum absolute atomic E-state index is 12.4. The fourth-order valence-electron chi connectivity index (χ4n) is 2.59. The molecule has 3 rings (SSSR count). The van der Waals surface area contributed by atoms with Gasteiger partial charge in [-0.05, 0) is 18.2 Å². The second-order valence-corrected chi connectivity index (χ2v) is 6.26. The molecule has 0 radical (unpaired) electrons. The fraction of sp³-hybridized carbons (Fsp3) is 0.250. The van der Waals surface area contributed by atoms with Crippen LogP contribution in [-0.4, -0.2) is 50.1 Å². The summed E-state index contributed by atoms with van der Waals surface area (Å²) in [5.74, 6) is -0.537. The number of hydrogen-bond donors (Lipinski definition) is 1. The first-order valence-corrected chi connectivity index (χ1v) is 8.59. The Bertz CT molecular complexity index is 882. The predicted octanol–water partition coefficient (Wildman–Crippen LogP) is 1.52. The molecule has 8 heteroatoms. The van der Waals surface area contributed by atoms with Gasteiger partial charge in [-0.1, -0.05) is 30.3 Å². The zero-order chi connectivity index (χ0) is 20.1. The van der Waals surface area contributed by atoms with E-state index in [1.54, 1.807) is 56.6 Å². The van der Waals surface area contributed by atoms with Gasteiger partial charge in [0.25, 0.3) is 11.8 Å². The summed E-state index contributed by atoms with van der Waals surface area (Å²) in [5.41, 5.74) is 0.873. The molecule has 2 amide bonds. The van der Waals surface area contributed by atoms with E-state index in [0.717, 1.165) is 0 Å². The second-order valence-electron chi connectivity index (χ2n) is 6.26. The Balaban J connectivity index is 1.61. The summed E-state index contributed by atoms with van der Waals surface area (Å²) >= 11 is 0. The molecule has 1 N–H and O–H groups in total. The summed E-state index contributed by atoms with van der Waals surface area (Å²) in [6, 6.07) is 13.4. The van der Waals surface area contributed by atoms with E-state index in [-0.39, 0.29) is 19.2 Å². The summed E-state index contributed by atoms with van der Waals surface area (Å²) < 4.78 is 15.8. The van der Waals surface area contributed by atoms with Gasteiger partial charge in [-0.2, -0.15) is 0 Å². The van der Waals surface area contributed by atoms with Crippen LogP contribution in [0, 0.1) is 0 Å². The van der Waals surface area contributed by atoms with E-state index in [0.29, 0.717) is 22.6 Å². The molecule has 0 spiro atoms. The summed E-state index contributed by atoms with van der Waals surface area (Å²) in [6.07, 6.45) is -1.08. The van der Waals surface area contributed by atoms with Crippen molar-refractivity contribution in [2.24, 2.45) is 0 Å². The molecule has 2 aromatic rings. The van der Waals surface area contributed by atoms with Crippen LogP contribution in [0.5, 0.6) is 11.5 Å². The Morgan fingerprint density at radius 2 is 1.79 bits per heavy atom. The van der Waals surface area contributed by atoms with E-state index in [1.165, 1.54) is 11.0 Å². The molecule has 0 aliphatic carbocycles. The van der Waals surface area contributed by atoms with Crippen molar-refractivity contribution in [3.63, 3.8) is 0 Å². The number of rotatable bonds is 6. The zero-order valence-corrected chi connectivity index (χ0v) is 15.5. The van der Waals surface area contributed by atoms with Gasteiger partial charge >= 0.3 is 5.97 Å². The van der Waals surface area contributed by atoms with E-state index < -0.39 is 18.0 Å². The van der Waals surface area contributed by atoms with Crippen LogP contribution < -0.4 is 14.8 Å². The van der Waals surface area contributed by atoms with Crippen molar-refractivity contribution in [3.05, 3.63) is 59.7 Å². The van der Waals surface area contributed by atoms with Gasteiger partial charge in [-0.25, -0.2) is 0 Å². The van der Waals surface area contributed by atoms with Gasteiger partial charge in [0.05, 0.1) is 0 Å². The van der Waals surface area contributed by atoms with Gasteiger partial charge in [0.1, 0.15) is 6.54 Å². The Hall–Kier alpha value is -3.55. The van der Waals surface area contributed by atoms with Crippen LogP contribution in [0.4, 0.5) is 0 Å². The van der Waals surface area contributed by atoms with E-state index in [4.69, 9.17) is 14.2 Å². The smallest absolute Gasteiger partial charge is 0.326 e. The third kappa shape index (κ3) is 4.40. The number of ether oxygens (including phenoxy) is 3. The van der Waals surface area contributed by atoms with Crippen molar-refractivity contribution >= 4 is 17.8 Å². The number of fused-ring (bicyclic) bond motifs is 1. The zero-order valence-electron chi connectivity index (χ0n) is 15.5. The van der Waals surface area contributed by atoms with Crippen LogP contribution in [0.25, 0.3) is 0 Å². The molecular weight excluding hydrogens is 364 g/mol. The maximum Gasteiger partial charge on any atom is 0.326 e. The topological polar surface area (TPSA) is 94.2 Å². The maximum atomic E-state index is 12.4. The number of nitrogens with one attached hydrogen (secondary N) is 1. The van der Waals surface area contributed by atoms with E-state index in [2.05, 4.69) is 5.32 Å². The summed E-state index contributed by atoms with van der Waals surface area (Å²) in [7, 11) is 3.15. The van der Waals surface area contributed by atoms with Gasteiger partial charge in [0.2, 0.25) is 12.9 Å². The molecule has 0 unspecified atom stereocenters. The molecule has 1 heterocycles. The van der Waals surface area contributed by atoms with Crippen LogP contribution in [0.3, 0.4) is 0 Å². The van der Waals surface area contributed by atoms with Crippen molar-refractivity contribution in [2.45, 2.75) is 6.10 Å². The SMILES string of the molecule is CN(C)C(=O)[C@H](OC(=O)CNC(=O)c1ccc2c(c1)OCO2)c1ccccc1. The van der Waals surface area contributed by atoms with E-state index in [9.17, 15) is 14.4 Å². The van der Waals surface area contributed by atoms with Gasteiger partial charge in [0.15, 0.2) is 11.5 Å². The van der Waals surface area contributed by atoms with Crippen LogP contribution in [0.2, 0.25) is 0 Å². The van der Waals surface area contributed by atoms with Crippen molar-refractivity contribution in [3.8, 4) is 11.5 Å². The van der Waals surface area contributed by atoms with Crippen LogP contribution >= 0.6 is 0 Å². The second kappa shape index (κ2) is 8.43. The Morgan fingerprint density at radius 3 is 2.50 bits per heavy atom. The van der Waals surface area contributed by atoms with Crippen molar-refractivity contribution in [2.75, 3.05) is 27.4 Å². The van der Waals surface area contributed by atoms with Gasteiger partial charge in [-0.15, -0.1) is 0 Å². The lowest BCUT2D eigenvalue weighted by molar-refractivity contribution is -0.158. The fourth-order valence-corrected chi connectivity index (χ4v) is 2.59. The number of likely N-dealkylation sites (N-methyl/N-ethyl adjacent to an activating group) is 1. The third-order valence-electron chi connectivity index (χ3n) is 4.04. The highest BCUT2D eigenvalue weighted by Gasteiger charge is 2.26. The Kier molecular flexibility index (Phi) is 5.78. The van der Waals surface area contributed by atoms with Gasteiger partial charge in [-0.3, -0.25) is 14.4 Å². The average molecular weight is 384 g/mol. The highest BCUT2D eigenvalue weighted by Crippen LogP contribution is 2.32. The minimum atomic E-state index is -1.08. The number of carbonyl (C=O) groups is 3. The molecule has 8 nitrogen and oxygen atoms in total. The van der Waals surface area contributed by atoms with E-state index >= 15 is 0 Å². The summed E-state index contributed by atoms with van der Waals surface area (Å²) in [4.78, 5) is 38.2. The molecule has 0 fully saturated rings. The highest BCUT2D eigenvalue weighted by atomic mass is 16.7. The Morgan fingerprint density at radius 1 is 1.07 bits per heavy atom. The number of esters is 1. The molecule has 0 saturated heterocycles. The van der Waals surface area contributed by atoms with Gasteiger partial charge in [0, 0.05) is 25.2 Å². The molecule has 1 atom stereocenters. The average Bonchev–Trinajstić information content (AvgIpc) is 3.18. The summed E-state index contributed by atoms with van der Waals surface area (Å²) in [5, 5.41) is 2.48. The molecular formula is C20H20N2O6. The highest BCUT2D eigenvalue weighted by molar-refractivity contribution is 5.96. The number of nitrogens with zero attached hydrogens (tertiary/aromatic N) is 1. The van der Waals surface area contributed by atoms with Crippen LogP contribution in [-0.2, 0) is 14.3 Å². The minimum absolute atomic E-state index is 0.105. The molecule has 146 valence electrons.